The van der Waals surface area contributed by atoms with Crippen molar-refractivity contribution in [2.24, 2.45) is 0 Å². The molecule has 10 rings (SSSR count). The quantitative estimate of drug-likeness (QED) is 0.157. The first-order valence-electron chi connectivity index (χ1n) is 20.2. The Morgan fingerprint density at radius 2 is 0.807 bits per heavy atom. The molecule has 0 aliphatic carbocycles. The van der Waals surface area contributed by atoms with Gasteiger partial charge in [-0.05, 0) is 107 Å². The zero-order chi connectivity index (χ0) is 38.9. The highest BCUT2D eigenvalue weighted by Gasteiger charge is 2.38. The molecule has 7 aromatic rings. The lowest BCUT2D eigenvalue weighted by atomic mass is 9.34. The number of anilines is 6. The summed E-state index contributed by atoms with van der Waals surface area (Å²) in [5, 5.41) is 0. The van der Waals surface area contributed by atoms with Gasteiger partial charge in [0.05, 0.1) is 22.7 Å². The van der Waals surface area contributed by atoms with Crippen LogP contribution < -0.4 is 35.7 Å². The number of hydrogen-bond acceptors (Lipinski definition) is 5. The monoisotopic (exact) mass is 760 g/mol. The molecular formula is C51H45BN2O2S. The van der Waals surface area contributed by atoms with Gasteiger partial charge in [0, 0.05) is 21.2 Å². The molecule has 0 saturated heterocycles. The van der Waals surface area contributed by atoms with E-state index in [1.54, 1.807) is 0 Å². The summed E-state index contributed by atoms with van der Waals surface area (Å²) >= 11 is 1.88. The van der Waals surface area contributed by atoms with Crippen LogP contribution in [0.15, 0.2) is 155 Å². The topological polar surface area (TPSA) is 24.9 Å². The molecule has 4 nitrogen and oxygen atoms in total. The molecule has 0 fully saturated rings. The Balaban J connectivity index is 1.20. The van der Waals surface area contributed by atoms with Crippen LogP contribution in [0.2, 0.25) is 0 Å². The van der Waals surface area contributed by atoms with Crippen LogP contribution in [0.5, 0.6) is 23.0 Å². The highest BCUT2D eigenvalue weighted by Crippen LogP contribution is 2.52. The standard InChI is InChI=1S/C51H45BN2O2S/c1-31(2)34-27-37(32(3)4)51(38(28-34)33(5)6)52-39-25-23-35(53-41-15-7-11-19-45(41)55-46-20-12-8-16-42(46)53)29-49(39)57-50-30-36(24-26-40(50)52)54-43-17-9-13-21-47(43)56-48-22-14-10-18-44(48)54/h7-33H,1-6H3. The number of benzene rings is 7. The molecule has 0 atom stereocenters. The predicted molar refractivity (Wildman–Crippen MR) is 240 cm³/mol. The Morgan fingerprint density at radius 3 is 1.16 bits per heavy atom. The maximum Gasteiger partial charge on any atom is 0.244 e. The SMILES string of the molecule is CC(C)c1cc(C(C)C)c(B2c3ccc(N4c5ccccc5Oc5ccccc54)cc3Sc3cc(N4c5ccccc5Oc5ccccc54)ccc32)c(C(C)C)c1. The van der Waals surface area contributed by atoms with Crippen LogP contribution in [0.25, 0.3) is 0 Å². The van der Waals surface area contributed by atoms with E-state index in [9.17, 15) is 0 Å². The first-order valence-corrected chi connectivity index (χ1v) is 21.0. The zero-order valence-electron chi connectivity index (χ0n) is 33.3. The summed E-state index contributed by atoms with van der Waals surface area (Å²) in [5.41, 5.74) is 14.8. The Bertz CT molecular complexity index is 2440. The van der Waals surface area contributed by atoms with Crippen molar-refractivity contribution in [2.75, 3.05) is 9.80 Å². The van der Waals surface area contributed by atoms with E-state index in [0.717, 1.165) is 57.1 Å². The molecule has 0 saturated carbocycles. The first-order chi connectivity index (χ1) is 27.7. The van der Waals surface area contributed by atoms with Gasteiger partial charge >= 0.3 is 0 Å². The van der Waals surface area contributed by atoms with E-state index in [1.165, 1.54) is 42.9 Å². The molecule has 280 valence electrons. The highest BCUT2D eigenvalue weighted by atomic mass is 32.2. The van der Waals surface area contributed by atoms with Crippen molar-refractivity contribution in [3.8, 4) is 23.0 Å². The van der Waals surface area contributed by atoms with Gasteiger partial charge in [0.15, 0.2) is 23.0 Å². The Kier molecular flexibility index (Phi) is 8.71. The minimum atomic E-state index is 0.0592. The average molecular weight is 761 g/mol. The van der Waals surface area contributed by atoms with Crippen molar-refractivity contribution >= 4 is 69.0 Å². The molecule has 7 aromatic carbocycles. The van der Waals surface area contributed by atoms with Gasteiger partial charge in [0.25, 0.3) is 0 Å². The van der Waals surface area contributed by atoms with E-state index < -0.39 is 0 Å². The average Bonchev–Trinajstić information content (AvgIpc) is 3.22. The van der Waals surface area contributed by atoms with Gasteiger partial charge < -0.3 is 19.3 Å². The fraction of sp³-hybridized carbons (Fsp3) is 0.176. The minimum Gasteiger partial charge on any atom is -0.453 e. The number of hydrogen-bond donors (Lipinski definition) is 0. The molecule has 0 unspecified atom stereocenters. The van der Waals surface area contributed by atoms with Gasteiger partial charge in [-0.1, -0.05) is 142 Å². The van der Waals surface area contributed by atoms with Gasteiger partial charge in [0.2, 0.25) is 6.71 Å². The summed E-state index contributed by atoms with van der Waals surface area (Å²) in [4.78, 5) is 7.25. The predicted octanol–water partition coefficient (Wildman–Crippen LogP) is 13.2. The molecular weight excluding hydrogens is 715 g/mol. The van der Waals surface area contributed by atoms with Crippen molar-refractivity contribution in [1.29, 1.82) is 0 Å². The third-order valence-corrected chi connectivity index (χ3v) is 12.8. The van der Waals surface area contributed by atoms with Gasteiger partial charge in [-0.25, -0.2) is 0 Å². The van der Waals surface area contributed by atoms with E-state index >= 15 is 0 Å². The molecule has 0 radical (unpaired) electrons. The lowest BCUT2D eigenvalue weighted by molar-refractivity contribution is 0.476. The molecule has 0 N–H and O–H groups in total. The van der Waals surface area contributed by atoms with Gasteiger partial charge in [0.1, 0.15) is 0 Å². The molecule has 3 heterocycles. The Morgan fingerprint density at radius 1 is 0.439 bits per heavy atom. The van der Waals surface area contributed by atoms with Crippen LogP contribution in [-0.2, 0) is 0 Å². The molecule has 3 aliphatic heterocycles. The minimum absolute atomic E-state index is 0.0592. The highest BCUT2D eigenvalue weighted by molar-refractivity contribution is 8.00. The van der Waals surface area contributed by atoms with Crippen molar-refractivity contribution in [3.63, 3.8) is 0 Å². The van der Waals surface area contributed by atoms with E-state index in [1.807, 2.05) is 36.0 Å². The maximum atomic E-state index is 6.42. The molecule has 3 aliphatic rings. The van der Waals surface area contributed by atoms with Crippen molar-refractivity contribution in [2.45, 2.75) is 69.1 Å². The molecule has 0 spiro atoms. The number of ether oxygens (including phenoxy) is 2. The molecule has 0 amide bonds. The molecule has 0 bridgehead atoms. The van der Waals surface area contributed by atoms with Crippen LogP contribution in [0.4, 0.5) is 34.1 Å². The van der Waals surface area contributed by atoms with Gasteiger partial charge in [-0.2, -0.15) is 0 Å². The summed E-state index contributed by atoms with van der Waals surface area (Å²) in [6, 6.07) is 52.6. The second-order valence-corrected chi connectivity index (χ2v) is 17.4. The lowest BCUT2D eigenvalue weighted by Crippen LogP contribution is -2.57. The zero-order valence-corrected chi connectivity index (χ0v) is 34.1. The van der Waals surface area contributed by atoms with Crippen LogP contribution in [0, 0.1) is 0 Å². The van der Waals surface area contributed by atoms with Crippen LogP contribution in [-0.4, -0.2) is 6.71 Å². The van der Waals surface area contributed by atoms with Gasteiger partial charge in [-0.15, -0.1) is 0 Å². The van der Waals surface area contributed by atoms with Crippen molar-refractivity contribution < 1.29 is 9.47 Å². The van der Waals surface area contributed by atoms with Crippen LogP contribution >= 0.6 is 11.8 Å². The Labute approximate surface area is 341 Å². The molecule has 6 heteroatoms. The number of rotatable bonds is 6. The van der Waals surface area contributed by atoms with Gasteiger partial charge in [-0.3, -0.25) is 0 Å². The lowest BCUT2D eigenvalue weighted by Gasteiger charge is -2.36. The second-order valence-electron chi connectivity index (χ2n) is 16.3. The van der Waals surface area contributed by atoms with Crippen molar-refractivity contribution in [1.82, 2.24) is 0 Å². The van der Waals surface area contributed by atoms with Crippen LogP contribution in [0.1, 0.15) is 76.0 Å². The summed E-state index contributed by atoms with van der Waals surface area (Å²) in [7, 11) is 0. The van der Waals surface area contributed by atoms with E-state index in [4.69, 9.17) is 9.47 Å². The summed E-state index contributed by atoms with van der Waals surface area (Å²) in [6.07, 6.45) is 0. The fourth-order valence-corrected chi connectivity index (χ4v) is 10.1. The van der Waals surface area contributed by atoms with E-state index in [2.05, 4.69) is 173 Å². The summed E-state index contributed by atoms with van der Waals surface area (Å²) in [6.45, 7) is 14.1. The first kappa shape index (κ1) is 35.6. The number of para-hydroxylation sites is 8. The largest absolute Gasteiger partial charge is 0.453 e. The van der Waals surface area contributed by atoms with E-state index in [0.29, 0.717) is 17.8 Å². The third kappa shape index (κ3) is 5.92. The Hall–Kier alpha value is -5.85. The summed E-state index contributed by atoms with van der Waals surface area (Å²) < 4.78 is 12.8. The smallest absolute Gasteiger partial charge is 0.244 e. The fourth-order valence-electron chi connectivity index (χ4n) is 8.89. The van der Waals surface area contributed by atoms with Crippen molar-refractivity contribution in [3.05, 3.63) is 162 Å². The summed E-state index contributed by atoms with van der Waals surface area (Å²) in [5.74, 6) is 4.59. The normalized spacial score (nSPS) is 13.7. The van der Waals surface area contributed by atoms with E-state index in [-0.39, 0.29) is 6.71 Å². The number of nitrogens with zero attached hydrogens (tertiary/aromatic N) is 2. The third-order valence-electron chi connectivity index (χ3n) is 11.7. The number of fused-ring (bicyclic) bond motifs is 6. The molecule has 0 aromatic heterocycles. The molecule has 57 heavy (non-hydrogen) atoms. The second kappa shape index (κ2) is 14.0. The maximum absolute atomic E-state index is 6.42. The van der Waals surface area contributed by atoms with Crippen LogP contribution in [0.3, 0.4) is 0 Å².